The van der Waals surface area contributed by atoms with Crippen molar-refractivity contribution in [3.8, 4) is 0 Å². The fourth-order valence-corrected chi connectivity index (χ4v) is 2.98. The molecule has 0 saturated heterocycles. The number of hydrogen-bond donors (Lipinski definition) is 1. The van der Waals surface area contributed by atoms with E-state index in [0.717, 1.165) is 44.5 Å². The maximum Gasteiger partial charge on any atom is 0.0947 e. The van der Waals surface area contributed by atoms with Crippen LogP contribution >= 0.6 is 11.3 Å². The van der Waals surface area contributed by atoms with Crippen LogP contribution in [0.2, 0.25) is 0 Å². The molecule has 1 aliphatic heterocycles. The Kier molecular flexibility index (Phi) is 5.20. The molecule has 1 aromatic rings. The second kappa shape index (κ2) is 6.90. The molecule has 0 saturated carbocycles. The minimum Gasteiger partial charge on any atom is -0.501 e. The molecule has 2 rings (SSSR count). The van der Waals surface area contributed by atoms with Gasteiger partial charge in [0, 0.05) is 23.5 Å². The van der Waals surface area contributed by atoms with E-state index in [-0.39, 0.29) is 0 Å². The summed E-state index contributed by atoms with van der Waals surface area (Å²) in [7, 11) is 0. The van der Waals surface area contributed by atoms with Gasteiger partial charge in [-0.2, -0.15) is 0 Å². The van der Waals surface area contributed by atoms with E-state index in [9.17, 15) is 0 Å². The number of thiazole rings is 1. The largest absolute Gasteiger partial charge is 0.501 e. The third-order valence-corrected chi connectivity index (χ3v) is 4.08. The van der Waals surface area contributed by atoms with Gasteiger partial charge in [0.15, 0.2) is 0 Å². The molecule has 0 aliphatic carbocycles. The zero-order chi connectivity index (χ0) is 12.8. The van der Waals surface area contributed by atoms with Crippen LogP contribution in [-0.4, -0.2) is 24.2 Å². The van der Waals surface area contributed by atoms with Crippen LogP contribution in [0.4, 0.5) is 0 Å². The average molecular weight is 266 g/mol. The van der Waals surface area contributed by atoms with Gasteiger partial charge in [0.05, 0.1) is 17.9 Å². The average Bonchev–Trinajstić information content (AvgIpc) is 2.81. The first-order valence-corrected chi connectivity index (χ1v) is 7.62. The molecule has 0 amide bonds. The molecule has 0 radical (unpaired) electrons. The van der Waals surface area contributed by atoms with Gasteiger partial charge in [-0.05, 0) is 38.3 Å². The fraction of sp³-hybridized carbons (Fsp3) is 0.643. The summed E-state index contributed by atoms with van der Waals surface area (Å²) in [5.41, 5.74) is 2.51. The molecule has 18 heavy (non-hydrogen) atoms. The lowest BCUT2D eigenvalue weighted by Crippen LogP contribution is -2.34. The summed E-state index contributed by atoms with van der Waals surface area (Å²) in [5.74, 6) is 0. The smallest absolute Gasteiger partial charge is 0.0947 e. The molecule has 1 atom stereocenters. The van der Waals surface area contributed by atoms with Crippen molar-refractivity contribution in [3.05, 3.63) is 27.9 Å². The van der Waals surface area contributed by atoms with Gasteiger partial charge < -0.3 is 10.1 Å². The van der Waals surface area contributed by atoms with Crippen molar-refractivity contribution in [2.75, 3.05) is 13.2 Å². The first-order chi connectivity index (χ1) is 8.79. The van der Waals surface area contributed by atoms with Crippen molar-refractivity contribution in [1.82, 2.24) is 10.3 Å². The highest BCUT2D eigenvalue weighted by Crippen LogP contribution is 2.20. The summed E-state index contributed by atoms with van der Waals surface area (Å²) in [6.45, 7) is 6.16. The highest BCUT2D eigenvalue weighted by atomic mass is 32.1. The standard InChI is InChI=1S/C14H22N2OS/c1-3-6-15-13(12-5-4-7-17-9-12)8-14-16-11(2)10-18-14/h9-10,13,15H,3-8H2,1-2H3. The maximum absolute atomic E-state index is 5.47. The lowest BCUT2D eigenvalue weighted by molar-refractivity contribution is 0.219. The topological polar surface area (TPSA) is 34.2 Å². The summed E-state index contributed by atoms with van der Waals surface area (Å²) >= 11 is 1.76. The second-order valence-corrected chi connectivity index (χ2v) is 5.70. The van der Waals surface area contributed by atoms with Gasteiger partial charge in [-0.25, -0.2) is 4.98 Å². The Bertz CT molecular complexity index is 400. The SMILES string of the molecule is CCCNC(Cc1nc(C)cs1)C1=COCCC1. The molecule has 0 bridgehead atoms. The Hall–Kier alpha value is -0.870. The zero-order valence-corrected chi connectivity index (χ0v) is 12.1. The van der Waals surface area contributed by atoms with Crippen molar-refractivity contribution in [2.45, 2.75) is 45.6 Å². The summed E-state index contributed by atoms with van der Waals surface area (Å²) < 4.78 is 5.47. The summed E-state index contributed by atoms with van der Waals surface area (Å²) in [4.78, 5) is 4.56. The highest BCUT2D eigenvalue weighted by Gasteiger charge is 2.18. The number of aryl methyl sites for hydroxylation is 1. The van der Waals surface area contributed by atoms with Crippen LogP contribution in [0.1, 0.15) is 36.9 Å². The van der Waals surface area contributed by atoms with Gasteiger partial charge >= 0.3 is 0 Å². The number of ether oxygens (including phenoxy) is 1. The number of aromatic nitrogens is 1. The van der Waals surface area contributed by atoms with Gasteiger partial charge in [-0.3, -0.25) is 0 Å². The first-order valence-electron chi connectivity index (χ1n) is 6.74. The van der Waals surface area contributed by atoms with Gasteiger partial charge in [0.1, 0.15) is 0 Å². The van der Waals surface area contributed by atoms with Gasteiger partial charge in [0.2, 0.25) is 0 Å². The third kappa shape index (κ3) is 3.82. The quantitative estimate of drug-likeness (QED) is 0.859. The highest BCUT2D eigenvalue weighted by molar-refractivity contribution is 7.09. The van der Waals surface area contributed by atoms with E-state index < -0.39 is 0 Å². The zero-order valence-electron chi connectivity index (χ0n) is 11.2. The van der Waals surface area contributed by atoms with Crippen molar-refractivity contribution in [2.24, 2.45) is 0 Å². The second-order valence-electron chi connectivity index (χ2n) is 4.76. The molecular weight excluding hydrogens is 244 g/mol. The van der Waals surface area contributed by atoms with Crippen molar-refractivity contribution in [3.63, 3.8) is 0 Å². The lowest BCUT2D eigenvalue weighted by atomic mass is 9.99. The fourth-order valence-electron chi connectivity index (χ4n) is 2.16. The molecule has 0 fully saturated rings. The maximum atomic E-state index is 5.47. The summed E-state index contributed by atoms with van der Waals surface area (Å²) in [5, 5.41) is 6.95. The summed E-state index contributed by atoms with van der Waals surface area (Å²) in [6.07, 6.45) is 6.37. The number of nitrogens with one attached hydrogen (secondary N) is 1. The van der Waals surface area contributed by atoms with Crippen LogP contribution in [0.5, 0.6) is 0 Å². The Morgan fingerprint density at radius 3 is 3.06 bits per heavy atom. The van der Waals surface area contributed by atoms with Crippen LogP contribution in [0.25, 0.3) is 0 Å². The molecule has 100 valence electrons. The van der Waals surface area contributed by atoms with E-state index in [1.165, 1.54) is 10.6 Å². The summed E-state index contributed by atoms with van der Waals surface area (Å²) in [6, 6.07) is 0.385. The minimum absolute atomic E-state index is 0.385. The molecular formula is C14H22N2OS. The van der Waals surface area contributed by atoms with Crippen molar-refractivity contribution < 1.29 is 4.74 Å². The predicted molar refractivity (Wildman–Crippen MR) is 75.9 cm³/mol. The van der Waals surface area contributed by atoms with E-state index in [2.05, 4.69) is 29.5 Å². The molecule has 0 aromatic carbocycles. The predicted octanol–water partition coefficient (Wildman–Crippen LogP) is 3.06. The van der Waals surface area contributed by atoms with E-state index >= 15 is 0 Å². The number of nitrogens with zero attached hydrogens (tertiary/aromatic N) is 1. The number of hydrogen-bond acceptors (Lipinski definition) is 4. The Morgan fingerprint density at radius 1 is 1.56 bits per heavy atom. The molecule has 3 nitrogen and oxygen atoms in total. The van der Waals surface area contributed by atoms with E-state index in [4.69, 9.17) is 4.74 Å². The molecule has 4 heteroatoms. The van der Waals surface area contributed by atoms with Crippen LogP contribution < -0.4 is 5.32 Å². The minimum atomic E-state index is 0.385. The van der Waals surface area contributed by atoms with Crippen LogP contribution in [0.3, 0.4) is 0 Å². The first kappa shape index (κ1) is 13.6. The normalized spacial score (nSPS) is 17.1. The monoisotopic (exact) mass is 266 g/mol. The third-order valence-electron chi connectivity index (χ3n) is 3.10. The van der Waals surface area contributed by atoms with E-state index in [0.29, 0.717) is 6.04 Å². The van der Waals surface area contributed by atoms with Crippen LogP contribution in [0.15, 0.2) is 17.2 Å². The molecule has 2 heterocycles. The lowest BCUT2D eigenvalue weighted by Gasteiger charge is -2.23. The van der Waals surface area contributed by atoms with E-state index in [1.807, 2.05) is 6.26 Å². The van der Waals surface area contributed by atoms with Gasteiger partial charge in [0.25, 0.3) is 0 Å². The Morgan fingerprint density at radius 2 is 2.44 bits per heavy atom. The molecule has 1 unspecified atom stereocenters. The van der Waals surface area contributed by atoms with Crippen LogP contribution in [-0.2, 0) is 11.2 Å². The molecule has 1 aromatic heterocycles. The number of rotatable bonds is 6. The van der Waals surface area contributed by atoms with Crippen molar-refractivity contribution in [1.29, 1.82) is 0 Å². The molecule has 0 spiro atoms. The van der Waals surface area contributed by atoms with Gasteiger partial charge in [-0.1, -0.05) is 6.92 Å². The van der Waals surface area contributed by atoms with Gasteiger partial charge in [-0.15, -0.1) is 11.3 Å². The Labute approximate surface area is 113 Å². The molecule has 1 aliphatic rings. The molecule has 1 N–H and O–H groups in total. The van der Waals surface area contributed by atoms with Crippen LogP contribution in [0, 0.1) is 6.92 Å². The van der Waals surface area contributed by atoms with E-state index in [1.54, 1.807) is 11.3 Å². The Balaban J connectivity index is 2.02. The van der Waals surface area contributed by atoms with Crippen molar-refractivity contribution >= 4 is 11.3 Å².